The summed E-state index contributed by atoms with van der Waals surface area (Å²) in [6.07, 6.45) is 1.14. The minimum atomic E-state index is -0.0940. The molecule has 1 amide bonds. The van der Waals surface area contributed by atoms with Crippen molar-refractivity contribution >= 4 is 16.9 Å². The van der Waals surface area contributed by atoms with E-state index >= 15 is 0 Å². The molecule has 0 spiro atoms. The van der Waals surface area contributed by atoms with Crippen LogP contribution in [0.25, 0.3) is 22.3 Å². The number of rotatable bonds is 6. The van der Waals surface area contributed by atoms with Crippen molar-refractivity contribution in [2.24, 2.45) is 5.92 Å². The third-order valence-electron chi connectivity index (χ3n) is 6.00. The molecule has 1 aliphatic heterocycles. The van der Waals surface area contributed by atoms with Gasteiger partial charge in [-0.25, -0.2) is 4.98 Å². The lowest BCUT2D eigenvalue weighted by Crippen LogP contribution is -2.48. The number of para-hydroxylation sites is 2. The van der Waals surface area contributed by atoms with Crippen LogP contribution in [0.1, 0.15) is 37.6 Å². The minimum absolute atomic E-state index is 0.0522. The Kier molecular flexibility index (Phi) is 6.70. The lowest BCUT2D eigenvalue weighted by molar-refractivity contribution is 0.0637. The second kappa shape index (κ2) is 9.65. The molecule has 1 aliphatic rings. The van der Waals surface area contributed by atoms with Crippen LogP contribution in [0.15, 0.2) is 53.3 Å². The second-order valence-electron chi connectivity index (χ2n) is 8.97. The number of fused-ring (bicyclic) bond motifs is 1. The van der Waals surface area contributed by atoms with Gasteiger partial charge in [-0.1, -0.05) is 45.0 Å². The monoisotopic (exact) mass is 432 g/mol. The molecule has 2 aromatic carbocycles. The van der Waals surface area contributed by atoms with Crippen molar-refractivity contribution in [3.8, 4) is 11.3 Å². The zero-order chi connectivity index (χ0) is 22.7. The Bertz CT molecular complexity index is 1140. The maximum atomic E-state index is 13.3. The SMILES string of the molecule is CCCN1CCN(C(=O)c2ccc(-c3nc4ccccc4n(CC(C)C)c3=O)cc2)CC1. The summed E-state index contributed by atoms with van der Waals surface area (Å²) < 4.78 is 1.82. The van der Waals surface area contributed by atoms with E-state index in [1.807, 2.05) is 58.0 Å². The molecule has 32 heavy (non-hydrogen) atoms. The van der Waals surface area contributed by atoms with E-state index in [1.165, 1.54) is 0 Å². The van der Waals surface area contributed by atoms with Crippen LogP contribution in [0.3, 0.4) is 0 Å². The zero-order valence-electron chi connectivity index (χ0n) is 19.3. The van der Waals surface area contributed by atoms with Crippen molar-refractivity contribution in [2.75, 3.05) is 32.7 Å². The van der Waals surface area contributed by atoms with Gasteiger partial charge in [0.05, 0.1) is 11.0 Å². The fraction of sp³-hybridized carbons (Fsp3) is 0.423. The van der Waals surface area contributed by atoms with Crippen molar-refractivity contribution in [2.45, 2.75) is 33.7 Å². The molecule has 0 unspecified atom stereocenters. The van der Waals surface area contributed by atoms with Crippen LogP contribution >= 0.6 is 0 Å². The summed E-state index contributed by atoms with van der Waals surface area (Å²) in [5, 5.41) is 0. The van der Waals surface area contributed by atoms with E-state index in [2.05, 4.69) is 30.7 Å². The number of carbonyl (C=O) groups excluding carboxylic acids is 1. The van der Waals surface area contributed by atoms with Gasteiger partial charge in [0.15, 0.2) is 0 Å². The highest BCUT2D eigenvalue weighted by molar-refractivity contribution is 5.94. The predicted molar refractivity (Wildman–Crippen MR) is 129 cm³/mol. The summed E-state index contributed by atoms with van der Waals surface area (Å²) in [5.74, 6) is 0.389. The van der Waals surface area contributed by atoms with Gasteiger partial charge in [0.25, 0.3) is 11.5 Å². The van der Waals surface area contributed by atoms with Gasteiger partial charge in [0, 0.05) is 43.9 Å². The topological polar surface area (TPSA) is 58.4 Å². The quantitative estimate of drug-likeness (QED) is 0.593. The first-order valence-electron chi connectivity index (χ1n) is 11.6. The number of benzene rings is 2. The van der Waals surface area contributed by atoms with Crippen molar-refractivity contribution in [3.63, 3.8) is 0 Å². The number of nitrogens with zero attached hydrogens (tertiary/aromatic N) is 4. The highest BCUT2D eigenvalue weighted by atomic mass is 16.2. The standard InChI is InChI=1S/C26H32N4O2/c1-4-13-28-14-16-29(17-15-28)25(31)21-11-9-20(10-12-21)24-26(32)30(18-19(2)3)23-8-6-5-7-22(23)27-24/h5-12,19H,4,13-18H2,1-3H3. The average Bonchev–Trinajstić information content (AvgIpc) is 2.81. The van der Waals surface area contributed by atoms with E-state index in [1.54, 1.807) is 0 Å². The Labute approximate surface area is 189 Å². The molecule has 1 saturated heterocycles. The summed E-state index contributed by atoms with van der Waals surface area (Å²) in [6.45, 7) is 11.5. The summed E-state index contributed by atoms with van der Waals surface area (Å²) in [4.78, 5) is 35.2. The van der Waals surface area contributed by atoms with Gasteiger partial charge in [-0.15, -0.1) is 0 Å². The number of hydrogen-bond acceptors (Lipinski definition) is 4. The van der Waals surface area contributed by atoms with Crippen LogP contribution in [-0.2, 0) is 6.54 Å². The number of aromatic nitrogens is 2. The Morgan fingerprint density at radius 2 is 1.69 bits per heavy atom. The molecule has 168 valence electrons. The summed E-state index contributed by atoms with van der Waals surface area (Å²) in [7, 11) is 0. The van der Waals surface area contributed by atoms with Crippen LogP contribution in [0.4, 0.5) is 0 Å². The van der Waals surface area contributed by atoms with Gasteiger partial charge in [-0.3, -0.25) is 14.5 Å². The summed E-state index contributed by atoms with van der Waals surface area (Å²) in [6, 6.07) is 15.1. The molecule has 4 rings (SSSR count). The number of piperazine rings is 1. The van der Waals surface area contributed by atoms with Crippen LogP contribution in [0.5, 0.6) is 0 Å². The number of hydrogen-bond donors (Lipinski definition) is 0. The highest BCUT2D eigenvalue weighted by Crippen LogP contribution is 2.20. The van der Waals surface area contributed by atoms with E-state index in [0.29, 0.717) is 23.7 Å². The van der Waals surface area contributed by atoms with Crippen LogP contribution in [-0.4, -0.2) is 58.0 Å². The average molecular weight is 433 g/mol. The minimum Gasteiger partial charge on any atom is -0.336 e. The molecule has 2 heterocycles. The number of carbonyl (C=O) groups is 1. The zero-order valence-corrected chi connectivity index (χ0v) is 19.3. The molecule has 0 aliphatic carbocycles. The van der Waals surface area contributed by atoms with E-state index < -0.39 is 0 Å². The van der Waals surface area contributed by atoms with Crippen LogP contribution < -0.4 is 5.56 Å². The van der Waals surface area contributed by atoms with Gasteiger partial charge in [-0.05, 0) is 43.1 Å². The Morgan fingerprint density at radius 1 is 1.00 bits per heavy atom. The normalized spacial score (nSPS) is 14.9. The Balaban J connectivity index is 1.60. The van der Waals surface area contributed by atoms with E-state index in [-0.39, 0.29) is 11.5 Å². The molecule has 0 radical (unpaired) electrons. The molecule has 1 aromatic heterocycles. The molecule has 3 aromatic rings. The molecular weight excluding hydrogens is 400 g/mol. The van der Waals surface area contributed by atoms with E-state index in [4.69, 9.17) is 0 Å². The largest absolute Gasteiger partial charge is 0.336 e. The summed E-state index contributed by atoms with van der Waals surface area (Å²) >= 11 is 0. The first-order valence-corrected chi connectivity index (χ1v) is 11.6. The third kappa shape index (κ3) is 4.60. The molecule has 0 N–H and O–H groups in total. The van der Waals surface area contributed by atoms with Gasteiger partial charge >= 0.3 is 0 Å². The third-order valence-corrected chi connectivity index (χ3v) is 6.00. The van der Waals surface area contributed by atoms with E-state index in [0.717, 1.165) is 55.7 Å². The summed E-state index contributed by atoms with van der Waals surface area (Å²) in [5.41, 5.74) is 3.38. The maximum Gasteiger partial charge on any atom is 0.277 e. The fourth-order valence-electron chi connectivity index (χ4n) is 4.37. The number of amides is 1. The first kappa shape index (κ1) is 22.2. The van der Waals surface area contributed by atoms with Gasteiger partial charge in [0.1, 0.15) is 5.69 Å². The lowest BCUT2D eigenvalue weighted by atomic mass is 10.1. The lowest BCUT2D eigenvalue weighted by Gasteiger charge is -2.34. The maximum absolute atomic E-state index is 13.3. The Hall–Kier alpha value is -2.99. The van der Waals surface area contributed by atoms with Crippen molar-refractivity contribution in [1.29, 1.82) is 0 Å². The molecule has 0 saturated carbocycles. The first-order chi connectivity index (χ1) is 15.5. The highest BCUT2D eigenvalue weighted by Gasteiger charge is 2.22. The molecule has 1 fully saturated rings. The molecule has 0 atom stereocenters. The van der Waals surface area contributed by atoms with Crippen molar-refractivity contribution < 1.29 is 4.79 Å². The van der Waals surface area contributed by atoms with Crippen LogP contribution in [0.2, 0.25) is 0 Å². The molecule has 0 bridgehead atoms. The van der Waals surface area contributed by atoms with Crippen molar-refractivity contribution in [1.82, 2.24) is 19.4 Å². The molecular formula is C26H32N4O2. The fourth-order valence-corrected chi connectivity index (χ4v) is 4.37. The van der Waals surface area contributed by atoms with E-state index in [9.17, 15) is 9.59 Å². The molecule has 6 nitrogen and oxygen atoms in total. The molecule has 6 heteroatoms. The predicted octanol–water partition coefficient (Wildman–Crippen LogP) is 3.89. The van der Waals surface area contributed by atoms with Gasteiger partial charge < -0.3 is 9.47 Å². The second-order valence-corrected chi connectivity index (χ2v) is 8.97. The van der Waals surface area contributed by atoms with Crippen molar-refractivity contribution in [3.05, 3.63) is 64.4 Å². The van der Waals surface area contributed by atoms with Crippen LogP contribution in [0, 0.1) is 5.92 Å². The Morgan fingerprint density at radius 3 is 2.34 bits per heavy atom. The smallest absolute Gasteiger partial charge is 0.277 e. The van der Waals surface area contributed by atoms with Gasteiger partial charge in [0.2, 0.25) is 0 Å². The van der Waals surface area contributed by atoms with Gasteiger partial charge in [-0.2, -0.15) is 0 Å².